The molecule has 0 bridgehead atoms. The largest absolute Gasteiger partial charge is 0.418 e. The Labute approximate surface area is 190 Å². The van der Waals surface area contributed by atoms with Crippen molar-refractivity contribution in [2.24, 2.45) is 0 Å². The van der Waals surface area contributed by atoms with Gasteiger partial charge in [0, 0.05) is 17.5 Å². The molecule has 0 spiro atoms. The smallest absolute Gasteiger partial charge is 0.410 e. The minimum atomic E-state index is -0.774. The van der Waals surface area contributed by atoms with Gasteiger partial charge >= 0.3 is 6.09 Å². The van der Waals surface area contributed by atoms with Crippen LogP contribution in [0.1, 0.15) is 29.3 Å². The highest BCUT2D eigenvalue weighted by Gasteiger charge is 2.15. The van der Waals surface area contributed by atoms with Crippen LogP contribution in [0.3, 0.4) is 0 Å². The predicted octanol–water partition coefficient (Wildman–Crippen LogP) is 4.75. The standard InChI is InChI=1S/C24H21N3O4S/c1-2-21(28)25-19-14-13-17(22(29)16-9-5-3-6-10-16)15-20(19)26-23(32)27-24(30)31-18-11-7-4-8-12-18/h3-15H,2H2,1H3,(H,25,28)(H2,26,27,30,32). The van der Waals surface area contributed by atoms with E-state index in [0.717, 1.165) is 0 Å². The second kappa shape index (κ2) is 10.8. The Morgan fingerprint density at radius 3 is 2.12 bits per heavy atom. The summed E-state index contributed by atoms with van der Waals surface area (Å²) in [5, 5.41) is 7.96. The van der Waals surface area contributed by atoms with E-state index in [1.54, 1.807) is 79.7 Å². The highest BCUT2D eigenvalue weighted by molar-refractivity contribution is 7.80. The number of ketones is 1. The lowest BCUT2D eigenvalue weighted by molar-refractivity contribution is -0.115. The Morgan fingerprint density at radius 2 is 1.47 bits per heavy atom. The maximum Gasteiger partial charge on any atom is 0.418 e. The van der Waals surface area contributed by atoms with Gasteiger partial charge in [-0.3, -0.25) is 14.9 Å². The van der Waals surface area contributed by atoms with Crippen molar-refractivity contribution in [2.45, 2.75) is 13.3 Å². The summed E-state index contributed by atoms with van der Waals surface area (Å²) in [7, 11) is 0. The van der Waals surface area contributed by atoms with Crippen LogP contribution < -0.4 is 20.7 Å². The molecule has 8 heteroatoms. The van der Waals surface area contributed by atoms with Crippen LogP contribution in [-0.4, -0.2) is 22.9 Å². The number of para-hydroxylation sites is 1. The molecule has 0 aromatic heterocycles. The molecule has 0 unspecified atom stereocenters. The second-order valence-corrected chi connectivity index (χ2v) is 7.05. The van der Waals surface area contributed by atoms with E-state index in [-0.39, 0.29) is 23.2 Å². The van der Waals surface area contributed by atoms with E-state index in [0.29, 0.717) is 28.3 Å². The maximum atomic E-state index is 12.8. The van der Waals surface area contributed by atoms with Crippen LogP contribution in [0.4, 0.5) is 16.2 Å². The van der Waals surface area contributed by atoms with Crippen molar-refractivity contribution in [3.8, 4) is 5.75 Å². The van der Waals surface area contributed by atoms with E-state index < -0.39 is 6.09 Å². The third kappa shape index (κ3) is 6.23. The number of amides is 2. The van der Waals surface area contributed by atoms with E-state index >= 15 is 0 Å². The average Bonchev–Trinajstić information content (AvgIpc) is 2.80. The van der Waals surface area contributed by atoms with Gasteiger partial charge in [0.1, 0.15) is 5.75 Å². The number of anilines is 2. The average molecular weight is 448 g/mol. The van der Waals surface area contributed by atoms with Crippen molar-refractivity contribution < 1.29 is 19.1 Å². The van der Waals surface area contributed by atoms with Crippen LogP contribution in [0.5, 0.6) is 5.75 Å². The van der Waals surface area contributed by atoms with Gasteiger partial charge in [0.25, 0.3) is 0 Å². The number of hydrogen-bond donors (Lipinski definition) is 3. The Bertz CT molecular complexity index is 1130. The first-order valence-corrected chi connectivity index (χ1v) is 10.3. The lowest BCUT2D eigenvalue weighted by atomic mass is 10.0. The Morgan fingerprint density at radius 1 is 0.812 bits per heavy atom. The third-order valence-electron chi connectivity index (χ3n) is 4.33. The zero-order chi connectivity index (χ0) is 22.9. The van der Waals surface area contributed by atoms with Crippen molar-refractivity contribution >= 4 is 46.5 Å². The second-order valence-electron chi connectivity index (χ2n) is 6.64. The van der Waals surface area contributed by atoms with Crippen molar-refractivity contribution in [3.05, 3.63) is 90.0 Å². The van der Waals surface area contributed by atoms with Crippen LogP contribution in [0.15, 0.2) is 78.9 Å². The number of rotatable bonds is 6. The number of nitrogens with one attached hydrogen (secondary N) is 3. The summed E-state index contributed by atoms with van der Waals surface area (Å²) in [4.78, 5) is 36.8. The van der Waals surface area contributed by atoms with Gasteiger partial charge in [-0.05, 0) is 42.5 Å². The molecular weight excluding hydrogens is 426 g/mol. The molecule has 0 aliphatic carbocycles. The first-order valence-electron chi connectivity index (χ1n) is 9.84. The molecule has 0 fully saturated rings. The molecule has 0 saturated carbocycles. The third-order valence-corrected chi connectivity index (χ3v) is 4.53. The van der Waals surface area contributed by atoms with Crippen molar-refractivity contribution in [1.29, 1.82) is 0 Å². The molecule has 162 valence electrons. The topological polar surface area (TPSA) is 96.5 Å². The first kappa shape index (κ1) is 22.6. The van der Waals surface area contributed by atoms with E-state index in [4.69, 9.17) is 17.0 Å². The molecule has 2 amide bonds. The predicted molar refractivity (Wildman–Crippen MR) is 127 cm³/mol. The van der Waals surface area contributed by atoms with Gasteiger partial charge in [-0.2, -0.15) is 0 Å². The minimum absolute atomic E-state index is 0.0535. The number of carbonyl (C=O) groups is 3. The normalized spacial score (nSPS) is 10.0. The van der Waals surface area contributed by atoms with Crippen molar-refractivity contribution in [1.82, 2.24) is 5.32 Å². The molecule has 0 heterocycles. The summed E-state index contributed by atoms with van der Waals surface area (Å²) in [6, 6.07) is 22.1. The number of ether oxygens (including phenoxy) is 1. The van der Waals surface area contributed by atoms with Gasteiger partial charge in [-0.1, -0.05) is 55.5 Å². The van der Waals surface area contributed by atoms with Crippen LogP contribution >= 0.6 is 12.2 Å². The Hall–Kier alpha value is -4.04. The fourth-order valence-electron chi connectivity index (χ4n) is 2.76. The molecule has 0 aliphatic rings. The lowest BCUT2D eigenvalue weighted by Crippen LogP contribution is -2.36. The van der Waals surface area contributed by atoms with Crippen LogP contribution in [0.25, 0.3) is 0 Å². The summed E-state index contributed by atoms with van der Waals surface area (Å²) in [5.74, 6) is -0.0407. The van der Waals surface area contributed by atoms with Crippen molar-refractivity contribution in [3.63, 3.8) is 0 Å². The molecule has 0 saturated heterocycles. The summed E-state index contributed by atoms with van der Waals surface area (Å²) < 4.78 is 5.15. The summed E-state index contributed by atoms with van der Waals surface area (Å²) in [5.41, 5.74) is 1.69. The molecule has 3 aromatic rings. The van der Waals surface area contributed by atoms with Gasteiger partial charge in [-0.25, -0.2) is 4.79 Å². The quantitative estimate of drug-likeness (QED) is 0.373. The van der Waals surface area contributed by atoms with Crippen LogP contribution in [0.2, 0.25) is 0 Å². The molecule has 32 heavy (non-hydrogen) atoms. The highest BCUT2D eigenvalue weighted by atomic mass is 32.1. The minimum Gasteiger partial charge on any atom is -0.410 e. The lowest BCUT2D eigenvalue weighted by Gasteiger charge is -2.15. The van der Waals surface area contributed by atoms with Crippen LogP contribution in [0, 0.1) is 0 Å². The van der Waals surface area contributed by atoms with Crippen molar-refractivity contribution in [2.75, 3.05) is 10.6 Å². The van der Waals surface area contributed by atoms with Gasteiger partial charge in [0.15, 0.2) is 10.9 Å². The number of carbonyl (C=O) groups excluding carboxylic acids is 3. The van der Waals surface area contributed by atoms with Gasteiger partial charge < -0.3 is 15.4 Å². The van der Waals surface area contributed by atoms with Gasteiger partial charge in [-0.15, -0.1) is 0 Å². The molecule has 0 atom stereocenters. The molecule has 3 N–H and O–H groups in total. The fraction of sp³-hybridized carbons (Fsp3) is 0.0833. The van der Waals surface area contributed by atoms with E-state index in [9.17, 15) is 14.4 Å². The number of hydrogen-bond acceptors (Lipinski definition) is 5. The number of thiocarbonyl (C=S) groups is 1. The monoisotopic (exact) mass is 447 g/mol. The zero-order valence-electron chi connectivity index (χ0n) is 17.3. The summed E-state index contributed by atoms with van der Waals surface area (Å²) >= 11 is 5.21. The van der Waals surface area contributed by atoms with Crippen LogP contribution in [-0.2, 0) is 4.79 Å². The molecule has 3 aromatic carbocycles. The van der Waals surface area contributed by atoms with Gasteiger partial charge in [0.05, 0.1) is 11.4 Å². The van der Waals surface area contributed by atoms with E-state index in [2.05, 4.69) is 16.0 Å². The molecule has 0 aliphatic heterocycles. The fourth-order valence-corrected chi connectivity index (χ4v) is 2.95. The maximum absolute atomic E-state index is 12.8. The summed E-state index contributed by atoms with van der Waals surface area (Å²) in [6.45, 7) is 1.72. The summed E-state index contributed by atoms with van der Waals surface area (Å²) in [6.07, 6.45) is -0.500. The van der Waals surface area contributed by atoms with E-state index in [1.165, 1.54) is 0 Å². The Balaban J connectivity index is 1.78. The molecular formula is C24H21N3O4S. The first-order chi connectivity index (χ1) is 15.5. The SMILES string of the molecule is CCC(=O)Nc1ccc(C(=O)c2ccccc2)cc1NC(=S)NC(=O)Oc1ccccc1. The molecule has 3 rings (SSSR count). The zero-order valence-corrected chi connectivity index (χ0v) is 18.1. The van der Waals surface area contributed by atoms with E-state index in [1.807, 2.05) is 6.07 Å². The Kier molecular flexibility index (Phi) is 7.66. The molecule has 7 nitrogen and oxygen atoms in total. The van der Waals surface area contributed by atoms with Gasteiger partial charge in [0.2, 0.25) is 5.91 Å². The number of benzene rings is 3. The molecule has 0 radical (unpaired) electrons. The highest BCUT2D eigenvalue weighted by Crippen LogP contribution is 2.25.